The molecule has 0 fully saturated rings. The first-order chi connectivity index (χ1) is 22.2. The molecular weight excluding hydrogens is 577 g/mol. The smallest absolute Gasteiger partial charge is 0.271 e. The maximum absolute atomic E-state index is 14.3. The number of aromatic nitrogens is 1. The Bertz CT molecular complexity index is 2310. The fourth-order valence-corrected chi connectivity index (χ4v) is 7.57. The largest absolute Gasteiger partial charge is 0.497 e. The highest BCUT2D eigenvalue weighted by molar-refractivity contribution is 7.07. The van der Waals surface area contributed by atoms with E-state index in [1.54, 1.807) is 7.11 Å². The quantitative estimate of drug-likeness (QED) is 0.204. The summed E-state index contributed by atoms with van der Waals surface area (Å²) in [4.78, 5) is 20.2. The SMILES string of the molecule is COc1cccc([C@H]2C3=C(N=c4s/c(=C/c5ccccc5OCc5cccc6ccccc56)c(=O)n42)c2ccccc2CC3)c1. The van der Waals surface area contributed by atoms with Crippen LogP contribution in [0.4, 0.5) is 0 Å². The molecule has 0 amide bonds. The van der Waals surface area contributed by atoms with E-state index in [9.17, 15) is 4.79 Å². The zero-order valence-electron chi connectivity index (χ0n) is 24.8. The Morgan fingerprint density at radius 2 is 1.69 bits per heavy atom. The van der Waals surface area contributed by atoms with Crippen molar-refractivity contribution in [2.45, 2.75) is 25.5 Å². The van der Waals surface area contributed by atoms with E-state index in [1.165, 1.54) is 33.2 Å². The van der Waals surface area contributed by atoms with Crippen LogP contribution in [0, 0.1) is 0 Å². The first-order valence-electron chi connectivity index (χ1n) is 15.1. The molecule has 2 heterocycles. The number of hydrogen-bond acceptors (Lipinski definition) is 5. The monoisotopic (exact) mass is 606 g/mol. The van der Waals surface area contributed by atoms with Gasteiger partial charge in [0.2, 0.25) is 0 Å². The van der Waals surface area contributed by atoms with Gasteiger partial charge in [-0.05, 0) is 70.2 Å². The molecule has 0 spiro atoms. The third-order valence-electron chi connectivity index (χ3n) is 8.75. The van der Waals surface area contributed by atoms with E-state index in [4.69, 9.17) is 14.5 Å². The number of allylic oxidation sites excluding steroid dienone is 1. The highest BCUT2D eigenvalue weighted by Gasteiger charge is 2.32. The Kier molecular flexibility index (Phi) is 6.92. The van der Waals surface area contributed by atoms with Crippen molar-refractivity contribution in [3.05, 3.63) is 168 Å². The van der Waals surface area contributed by atoms with Gasteiger partial charge >= 0.3 is 0 Å². The maximum atomic E-state index is 14.3. The minimum Gasteiger partial charge on any atom is -0.497 e. The first kappa shape index (κ1) is 27.4. The summed E-state index contributed by atoms with van der Waals surface area (Å²) in [6, 6.07) is 38.8. The van der Waals surface area contributed by atoms with Crippen molar-refractivity contribution >= 4 is 33.9 Å². The molecule has 1 aromatic heterocycles. The lowest BCUT2D eigenvalue weighted by molar-refractivity contribution is 0.307. The highest BCUT2D eigenvalue weighted by atomic mass is 32.1. The maximum Gasteiger partial charge on any atom is 0.271 e. The van der Waals surface area contributed by atoms with E-state index in [0.29, 0.717) is 15.9 Å². The summed E-state index contributed by atoms with van der Waals surface area (Å²) in [5, 5.41) is 2.36. The summed E-state index contributed by atoms with van der Waals surface area (Å²) in [5.74, 6) is 1.50. The Morgan fingerprint density at radius 1 is 0.889 bits per heavy atom. The van der Waals surface area contributed by atoms with Crippen LogP contribution in [0.5, 0.6) is 11.5 Å². The van der Waals surface area contributed by atoms with Crippen molar-refractivity contribution in [2.75, 3.05) is 7.11 Å². The van der Waals surface area contributed by atoms with E-state index < -0.39 is 0 Å². The number of aryl methyl sites for hydroxylation is 1. The molecule has 6 heteroatoms. The molecule has 2 aliphatic rings. The van der Waals surface area contributed by atoms with E-state index in [1.807, 2.05) is 59.2 Å². The molecule has 5 aromatic carbocycles. The van der Waals surface area contributed by atoms with Gasteiger partial charge < -0.3 is 9.47 Å². The summed E-state index contributed by atoms with van der Waals surface area (Å²) in [7, 11) is 1.67. The first-order valence-corrected chi connectivity index (χ1v) is 15.9. The predicted molar refractivity (Wildman–Crippen MR) is 180 cm³/mol. The second-order valence-electron chi connectivity index (χ2n) is 11.4. The van der Waals surface area contributed by atoms with Crippen molar-refractivity contribution in [3.63, 3.8) is 0 Å². The third-order valence-corrected chi connectivity index (χ3v) is 9.73. The summed E-state index contributed by atoms with van der Waals surface area (Å²) >= 11 is 1.43. The van der Waals surface area contributed by atoms with Crippen LogP contribution in [0.2, 0.25) is 0 Å². The molecule has 6 aromatic rings. The number of fused-ring (bicyclic) bond motifs is 4. The van der Waals surface area contributed by atoms with Crippen LogP contribution < -0.4 is 24.4 Å². The standard InChI is InChI=1S/C39H30N2O3S/c1-43-30-16-9-14-28(22-30)37-33-21-20-26-11-3-6-18-32(26)36(33)40-39-41(37)38(42)35(45-39)23-27-12-4-7-19-34(27)44-24-29-15-8-13-25-10-2-5-17-31(25)29/h2-19,22-23,37H,20-21,24H2,1H3/b35-23+/t37-/m0/s1. The molecule has 1 atom stereocenters. The number of methoxy groups -OCH3 is 1. The Balaban J connectivity index is 1.24. The molecule has 1 aliphatic carbocycles. The molecular formula is C39H30N2O3S. The van der Waals surface area contributed by atoms with Crippen molar-refractivity contribution in [1.82, 2.24) is 4.57 Å². The number of thiazole rings is 1. The minimum atomic E-state index is -0.264. The normalized spacial score (nSPS) is 15.7. The van der Waals surface area contributed by atoms with Crippen LogP contribution in [-0.4, -0.2) is 11.7 Å². The molecule has 0 N–H and O–H groups in total. The van der Waals surface area contributed by atoms with Gasteiger partial charge in [-0.1, -0.05) is 108 Å². The molecule has 0 unspecified atom stereocenters. The fourth-order valence-electron chi connectivity index (χ4n) is 6.58. The predicted octanol–water partition coefficient (Wildman–Crippen LogP) is 7.06. The van der Waals surface area contributed by atoms with Gasteiger partial charge in [-0.3, -0.25) is 9.36 Å². The molecule has 220 valence electrons. The number of ether oxygens (including phenoxy) is 2. The lowest BCUT2D eigenvalue weighted by atomic mass is 9.83. The average molecular weight is 607 g/mol. The summed E-state index contributed by atoms with van der Waals surface area (Å²) in [6.07, 6.45) is 3.70. The molecule has 8 rings (SSSR count). The Hall–Kier alpha value is -5.20. The molecule has 0 radical (unpaired) electrons. The molecule has 1 aliphatic heterocycles. The molecule has 0 saturated carbocycles. The van der Waals surface area contributed by atoms with Crippen LogP contribution >= 0.6 is 11.3 Å². The molecule has 5 nitrogen and oxygen atoms in total. The number of nitrogens with zero attached hydrogens (tertiary/aromatic N) is 2. The van der Waals surface area contributed by atoms with Gasteiger partial charge in [0.25, 0.3) is 5.56 Å². The second-order valence-corrected chi connectivity index (χ2v) is 12.4. The second kappa shape index (κ2) is 11.4. The average Bonchev–Trinajstić information content (AvgIpc) is 3.40. The summed E-state index contributed by atoms with van der Waals surface area (Å²) in [6.45, 7) is 0.426. The number of rotatable bonds is 6. The lowest BCUT2D eigenvalue weighted by Crippen LogP contribution is -2.38. The van der Waals surface area contributed by atoms with Gasteiger partial charge in [0, 0.05) is 11.1 Å². The van der Waals surface area contributed by atoms with E-state index in [0.717, 1.165) is 52.3 Å². The van der Waals surface area contributed by atoms with Crippen molar-refractivity contribution in [1.29, 1.82) is 0 Å². The minimum absolute atomic E-state index is 0.0548. The van der Waals surface area contributed by atoms with Gasteiger partial charge in [0.05, 0.1) is 23.4 Å². The molecule has 0 bridgehead atoms. The van der Waals surface area contributed by atoms with Crippen LogP contribution in [0.3, 0.4) is 0 Å². The van der Waals surface area contributed by atoms with Crippen LogP contribution in [-0.2, 0) is 13.0 Å². The van der Waals surface area contributed by atoms with Crippen molar-refractivity contribution in [3.8, 4) is 11.5 Å². The Morgan fingerprint density at radius 3 is 2.62 bits per heavy atom. The summed E-state index contributed by atoms with van der Waals surface area (Å²) in [5.41, 5.74) is 7.53. The van der Waals surface area contributed by atoms with Crippen LogP contribution in [0.15, 0.2) is 131 Å². The lowest BCUT2D eigenvalue weighted by Gasteiger charge is -2.31. The number of para-hydroxylation sites is 1. The van der Waals surface area contributed by atoms with Crippen LogP contribution in [0.1, 0.15) is 40.3 Å². The Labute approximate surface area is 264 Å². The van der Waals surface area contributed by atoms with Crippen LogP contribution in [0.25, 0.3) is 22.5 Å². The van der Waals surface area contributed by atoms with Gasteiger partial charge in [0.1, 0.15) is 18.1 Å². The van der Waals surface area contributed by atoms with Gasteiger partial charge in [-0.2, -0.15) is 0 Å². The summed E-state index contributed by atoms with van der Waals surface area (Å²) < 4.78 is 14.5. The van der Waals surface area contributed by atoms with E-state index in [2.05, 4.69) is 66.7 Å². The fraction of sp³-hybridized carbons (Fsp3) is 0.128. The van der Waals surface area contributed by atoms with Crippen molar-refractivity contribution in [2.24, 2.45) is 4.99 Å². The zero-order valence-corrected chi connectivity index (χ0v) is 25.6. The topological polar surface area (TPSA) is 52.8 Å². The molecule has 0 saturated heterocycles. The van der Waals surface area contributed by atoms with Crippen molar-refractivity contribution < 1.29 is 9.47 Å². The highest BCUT2D eigenvalue weighted by Crippen LogP contribution is 2.41. The number of hydrogen-bond donors (Lipinski definition) is 0. The van der Waals surface area contributed by atoms with Gasteiger partial charge in [-0.25, -0.2) is 4.99 Å². The zero-order chi connectivity index (χ0) is 30.3. The van der Waals surface area contributed by atoms with E-state index in [-0.39, 0.29) is 11.6 Å². The van der Waals surface area contributed by atoms with Gasteiger partial charge in [0.15, 0.2) is 4.80 Å². The van der Waals surface area contributed by atoms with E-state index >= 15 is 0 Å². The van der Waals surface area contributed by atoms with Gasteiger partial charge in [-0.15, -0.1) is 0 Å². The molecule has 45 heavy (non-hydrogen) atoms. The third kappa shape index (κ3) is 4.88. The number of benzene rings is 5.